The summed E-state index contributed by atoms with van der Waals surface area (Å²) in [7, 11) is 0. The topological polar surface area (TPSA) is 43.4 Å². The van der Waals surface area contributed by atoms with Crippen LogP contribution in [0.3, 0.4) is 0 Å². The second kappa shape index (κ2) is 3.88. The zero-order chi connectivity index (χ0) is 8.97. The van der Waals surface area contributed by atoms with Crippen LogP contribution < -0.4 is 0 Å². The molecule has 1 aromatic rings. The predicted molar refractivity (Wildman–Crippen MR) is 42.6 cm³/mol. The second-order valence-electron chi connectivity index (χ2n) is 1.98. The summed E-state index contributed by atoms with van der Waals surface area (Å²) in [4.78, 5) is 20.5. The lowest BCUT2D eigenvalue weighted by atomic mass is 10.2. The van der Waals surface area contributed by atoms with Crippen LogP contribution in [-0.4, -0.2) is 12.4 Å². The van der Waals surface area contributed by atoms with Crippen molar-refractivity contribution in [3.8, 4) is 0 Å². The van der Waals surface area contributed by atoms with Crippen LogP contribution in [0, 0.1) is 0 Å². The Labute approximate surface area is 73.9 Å². The van der Waals surface area contributed by atoms with E-state index >= 15 is 0 Å². The molecular weight excluding hydrogens is 180 g/mol. The van der Waals surface area contributed by atoms with Gasteiger partial charge in [0.1, 0.15) is 0 Å². The first-order chi connectivity index (χ1) is 5.74. The van der Waals surface area contributed by atoms with Crippen LogP contribution in [0.2, 0.25) is 5.02 Å². The smallest absolute Gasteiger partial charge is 0.381 e. The standard InChI is InChI=1S/C8H4ClO3/c9-7-3-1-2-6(4-7)8(11)12-5-10/h1-4H. The lowest BCUT2D eigenvalue weighted by molar-refractivity contribution is 0.0710. The molecule has 0 saturated heterocycles. The molecule has 0 amide bonds. The maximum atomic E-state index is 10.9. The molecule has 0 bridgehead atoms. The Morgan fingerprint density at radius 1 is 1.50 bits per heavy atom. The Kier molecular flexibility index (Phi) is 2.82. The number of carbonyl (C=O) groups is 1. The predicted octanol–water partition coefficient (Wildman–Crippen LogP) is 1.56. The van der Waals surface area contributed by atoms with Crippen molar-refractivity contribution in [2.75, 3.05) is 0 Å². The molecule has 4 heteroatoms. The molecule has 0 atom stereocenters. The number of hydrogen-bond donors (Lipinski definition) is 0. The highest BCUT2D eigenvalue weighted by Crippen LogP contribution is 2.10. The molecule has 0 fully saturated rings. The zero-order valence-corrected chi connectivity index (χ0v) is 6.67. The monoisotopic (exact) mass is 183 g/mol. The number of esters is 1. The first-order valence-electron chi connectivity index (χ1n) is 3.08. The Bertz CT molecular complexity index is 309. The van der Waals surface area contributed by atoms with E-state index in [-0.39, 0.29) is 5.56 Å². The Morgan fingerprint density at radius 2 is 2.25 bits per heavy atom. The van der Waals surface area contributed by atoms with Crippen LogP contribution >= 0.6 is 11.6 Å². The number of halogens is 1. The van der Waals surface area contributed by atoms with Crippen LogP contribution in [0.25, 0.3) is 0 Å². The lowest BCUT2D eigenvalue weighted by Gasteiger charge is -1.95. The van der Waals surface area contributed by atoms with Crippen molar-refractivity contribution in [1.29, 1.82) is 0 Å². The fraction of sp³-hybridized carbons (Fsp3) is 0. The maximum Gasteiger partial charge on any atom is 0.425 e. The van der Waals surface area contributed by atoms with Gasteiger partial charge in [-0.2, -0.15) is 0 Å². The van der Waals surface area contributed by atoms with Gasteiger partial charge in [0, 0.05) is 5.02 Å². The first kappa shape index (κ1) is 8.74. The minimum absolute atomic E-state index is 0.228. The second-order valence-corrected chi connectivity index (χ2v) is 2.42. The van der Waals surface area contributed by atoms with E-state index < -0.39 is 5.97 Å². The van der Waals surface area contributed by atoms with Crippen LogP contribution in [0.5, 0.6) is 0 Å². The normalized spacial score (nSPS) is 9.08. The van der Waals surface area contributed by atoms with Gasteiger partial charge in [-0.05, 0) is 18.2 Å². The van der Waals surface area contributed by atoms with Crippen LogP contribution in [0.4, 0.5) is 0 Å². The van der Waals surface area contributed by atoms with Crippen LogP contribution in [-0.2, 0) is 9.53 Å². The molecular formula is C8H4ClO3. The summed E-state index contributed by atoms with van der Waals surface area (Å²) >= 11 is 5.58. The highest BCUT2D eigenvalue weighted by molar-refractivity contribution is 6.30. The number of rotatable bonds is 2. The average Bonchev–Trinajstić information content (AvgIpc) is 2.05. The third kappa shape index (κ3) is 2.07. The van der Waals surface area contributed by atoms with Gasteiger partial charge in [-0.25, -0.2) is 9.59 Å². The van der Waals surface area contributed by atoms with Crippen LogP contribution in [0.15, 0.2) is 24.3 Å². The molecule has 61 valence electrons. The van der Waals surface area contributed by atoms with Gasteiger partial charge < -0.3 is 4.74 Å². The number of hydrogen-bond acceptors (Lipinski definition) is 3. The van der Waals surface area contributed by atoms with E-state index in [0.29, 0.717) is 5.02 Å². The van der Waals surface area contributed by atoms with E-state index in [2.05, 4.69) is 4.74 Å². The molecule has 0 spiro atoms. The van der Waals surface area contributed by atoms with Crippen molar-refractivity contribution >= 4 is 24.0 Å². The van der Waals surface area contributed by atoms with Gasteiger partial charge in [-0.15, -0.1) is 0 Å². The molecule has 0 N–H and O–H groups in total. The molecule has 0 heterocycles. The number of ether oxygens (including phenoxy) is 1. The Balaban J connectivity index is 2.87. The molecule has 1 radical (unpaired) electrons. The molecule has 0 aliphatic heterocycles. The minimum Gasteiger partial charge on any atom is -0.381 e. The van der Waals surface area contributed by atoms with Gasteiger partial charge in [-0.3, -0.25) is 0 Å². The molecule has 0 unspecified atom stereocenters. The fourth-order valence-electron chi connectivity index (χ4n) is 0.712. The van der Waals surface area contributed by atoms with Gasteiger partial charge in [0.05, 0.1) is 5.56 Å². The van der Waals surface area contributed by atoms with Gasteiger partial charge in [0.2, 0.25) is 0 Å². The van der Waals surface area contributed by atoms with Crippen molar-refractivity contribution < 1.29 is 14.3 Å². The van der Waals surface area contributed by atoms with Gasteiger partial charge in [0.15, 0.2) is 0 Å². The van der Waals surface area contributed by atoms with Crippen molar-refractivity contribution in [1.82, 2.24) is 0 Å². The molecule has 1 rings (SSSR count). The van der Waals surface area contributed by atoms with E-state index in [0.717, 1.165) is 6.47 Å². The highest BCUT2D eigenvalue weighted by atomic mass is 35.5. The average molecular weight is 184 g/mol. The maximum absolute atomic E-state index is 10.9. The third-order valence-corrected chi connectivity index (χ3v) is 1.43. The summed E-state index contributed by atoms with van der Waals surface area (Å²) in [5.41, 5.74) is 0.228. The summed E-state index contributed by atoms with van der Waals surface area (Å²) in [5, 5.41) is 0.412. The summed E-state index contributed by atoms with van der Waals surface area (Å²) in [5.74, 6) is -0.757. The SMILES string of the molecule is O=[C]OC(=O)c1cccc(Cl)c1. The molecule has 0 aromatic heterocycles. The largest absolute Gasteiger partial charge is 0.425 e. The first-order valence-corrected chi connectivity index (χ1v) is 3.45. The van der Waals surface area contributed by atoms with Gasteiger partial charge >= 0.3 is 12.4 Å². The summed E-state index contributed by atoms with van der Waals surface area (Å²) < 4.78 is 3.98. The van der Waals surface area contributed by atoms with E-state index in [1.54, 1.807) is 12.1 Å². The van der Waals surface area contributed by atoms with Crippen molar-refractivity contribution in [2.24, 2.45) is 0 Å². The van der Waals surface area contributed by atoms with Crippen LogP contribution in [0.1, 0.15) is 10.4 Å². The molecule has 3 nitrogen and oxygen atoms in total. The third-order valence-electron chi connectivity index (χ3n) is 1.19. The van der Waals surface area contributed by atoms with Gasteiger partial charge in [-0.1, -0.05) is 17.7 Å². The Morgan fingerprint density at radius 3 is 2.83 bits per heavy atom. The lowest BCUT2D eigenvalue weighted by Crippen LogP contribution is -2.02. The van der Waals surface area contributed by atoms with Crippen molar-refractivity contribution in [2.45, 2.75) is 0 Å². The fourth-order valence-corrected chi connectivity index (χ4v) is 0.903. The minimum atomic E-state index is -0.757. The molecule has 0 aliphatic rings. The summed E-state index contributed by atoms with van der Waals surface area (Å²) in [6, 6.07) is 6.10. The zero-order valence-electron chi connectivity index (χ0n) is 5.91. The van der Waals surface area contributed by atoms with E-state index in [4.69, 9.17) is 11.6 Å². The quantitative estimate of drug-likeness (QED) is 0.516. The molecule has 0 aliphatic carbocycles. The molecule has 0 saturated carbocycles. The van der Waals surface area contributed by atoms with E-state index in [9.17, 15) is 9.59 Å². The molecule has 1 aromatic carbocycles. The molecule has 12 heavy (non-hydrogen) atoms. The van der Waals surface area contributed by atoms with E-state index in [1.165, 1.54) is 12.1 Å². The summed E-state index contributed by atoms with van der Waals surface area (Å²) in [6.45, 7) is 1.04. The van der Waals surface area contributed by atoms with Gasteiger partial charge in [0.25, 0.3) is 0 Å². The summed E-state index contributed by atoms with van der Waals surface area (Å²) in [6.07, 6.45) is 0. The highest BCUT2D eigenvalue weighted by Gasteiger charge is 2.06. The van der Waals surface area contributed by atoms with Crippen molar-refractivity contribution in [3.05, 3.63) is 34.9 Å². The number of benzene rings is 1. The Hall–Kier alpha value is -1.35. The van der Waals surface area contributed by atoms with E-state index in [1.807, 2.05) is 0 Å². The number of carbonyl (C=O) groups excluding carboxylic acids is 2. The van der Waals surface area contributed by atoms with Crippen molar-refractivity contribution in [3.63, 3.8) is 0 Å².